The molecule has 1 aromatic carbocycles. The summed E-state index contributed by atoms with van der Waals surface area (Å²) in [5.74, 6) is 1.05. The van der Waals surface area contributed by atoms with Crippen LogP contribution in [0.5, 0.6) is 5.88 Å². The minimum absolute atomic E-state index is 0.246. The van der Waals surface area contributed by atoms with E-state index in [-0.39, 0.29) is 12.1 Å². The zero-order chi connectivity index (χ0) is 17.4. The van der Waals surface area contributed by atoms with E-state index in [0.717, 1.165) is 29.7 Å². The third kappa shape index (κ3) is 3.28. The van der Waals surface area contributed by atoms with Crippen molar-refractivity contribution in [2.75, 3.05) is 5.32 Å². The fourth-order valence-corrected chi connectivity index (χ4v) is 2.66. The topological polar surface area (TPSA) is 90.9 Å². The number of aromatic nitrogens is 4. The molecule has 0 radical (unpaired) electrons. The van der Waals surface area contributed by atoms with Crippen molar-refractivity contribution in [1.29, 1.82) is 0 Å². The largest absolute Gasteiger partial charge is 0.473 e. The van der Waals surface area contributed by atoms with Crippen LogP contribution in [-0.2, 0) is 6.54 Å². The lowest BCUT2D eigenvalue weighted by atomic mass is 10.2. The van der Waals surface area contributed by atoms with Crippen molar-refractivity contribution >= 4 is 22.8 Å². The number of nitrogens with one attached hydrogen (secondary N) is 1. The van der Waals surface area contributed by atoms with E-state index in [1.54, 1.807) is 6.33 Å². The zero-order valence-electron chi connectivity index (χ0n) is 14.4. The van der Waals surface area contributed by atoms with Crippen LogP contribution in [0.15, 0.2) is 30.6 Å². The Balaban J connectivity index is 1.75. The maximum absolute atomic E-state index is 5.97. The predicted molar refractivity (Wildman–Crippen MR) is 97.0 cm³/mol. The highest BCUT2D eigenvalue weighted by Crippen LogP contribution is 2.31. The number of hydrogen-bond donors (Lipinski definition) is 2. The molecule has 0 atom stereocenters. The second-order valence-electron chi connectivity index (χ2n) is 6.62. The summed E-state index contributed by atoms with van der Waals surface area (Å²) >= 11 is 0. The standard InChI is InChI=1S/C18H22N6O/c1-11(2)24-10-20-15-16(24)22-18(23-17(15)25-14-6-7-14)21-13-5-3-4-12(8-13)9-19/h3-5,8,10-11,14H,6-7,9,19H2,1-2H3,(H,21,22,23). The van der Waals surface area contributed by atoms with Gasteiger partial charge in [-0.05, 0) is 44.4 Å². The van der Waals surface area contributed by atoms with E-state index < -0.39 is 0 Å². The van der Waals surface area contributed by atoms with Crippen LogP contribution in [0.25, 0.3) is 11.2 Å². The molecule has 0 spiro atoms. The number of hydrogen-bond acceptors (Lipinski definition) is 6. The van der Waals surface area contributed by atoms with Crippen LogP contribution < -0.4 is 15.8 Å². The smallest absolute Gasteiger partial charge is 0.247 e. The first-order valence-corrected chi connectivity index (χ1v) is 8.61. The highest BCUT2D eigenvalue weighted by molar-refractivity contribution is 5.78. The molecule has 4 rings (SSSR count). The average Bonchev–Trinajstić information content (AvgIpc) is 3.30. The quantitative estimate of drug-likeness (QED) is 0.717. The summed E-state index contributed by atoms with van der Waals surface area (Å²) < 4.78 is 7.99. The van der Waals surface area contributed by atoms with Gasteiger partial charge in [0.2, 0.25) is 11.8 Å². The Labute approximate surface area is 146 Å². The number of nitrogens with zero attached hydrogens (tertiary/aromatic N) is 4. The first-order valence-electron chi connectivity index (χ1n) is 8.61. The fourth-order valence-electron chi connectivity index (χ4n) is 2.66. The molecule has 7 heteroatoms. The van der Waals surface area contributed by atoms with Crippen molar-refractivity contribution in [3.8, 4) is 5.88 Å². The molecule has 3 N–H and O–H groups in total. The molecule has 130 valence electrons. The van der Waals surface area contributed by atoms with Gasteiger partial charge in [0.15, 0.2) is 11.2 Å². The van der Waals surface area contributed by atoms with Crippen LogP contribution in [0, 0.1) is 0 Å². The molecule has 0 aliphatic heterocycles. The van der Waals surface area contributed by atoms with Gasteiger partial charge < -0.3 is 20.4 Å². The predicted octanol–water partition coefficient (Wildman–Crippen LogP) is 3.15. The van der Waals surface area contributed by atoms with Gasteiger partial charge in [0.25, 0.3) is 0 Å². The number of ether oxygens (including phenoxy) is 1. The molecule has 1 fully saturated rings. The van der Waals surface area contributed by atoms with Crippen molar-refractivity contribution < 1.29 is 4.74 Å². The lowest BCUT2D eigenvalue weighted by Crippen LogP contribution is -2.06. The molecule has 2 aromatic heterocycles. The Bertz CT molecular complexity index is 900. The molecule has 1 aliphatic rings. The molecule has 25 heavy (non-hydrogen) atoms. The van der Waals surface area contributed by atoms with Gasteiger partial charge in [0.05, 0.1) is 6.33 Å². The van der Waals surface area contributed by atoms with Gasteiger partial charge in [-0.1, -0.05) is 12.1 Å². The van der Waals surface area contributed by atoms with E-state index in [1.165, 1.54) is 0 Å². The SMILES string of the molecule is CC(C)n1cnc2c(OC3CC3)nc(Nc3cccc(CN)c3)nc21. The van der Waals surface area contributed by atoms with Gasteiger partial charge in [-0.2, -0.15) is 9.97 Å². The van der Waals surface area contributed by atoms with E-state index in [9.17, 15) is 0 Å². The van der Waals surface area contributed by atoms with Crippen molar-refractivity contribution in [2.24, 2.45) is 5.73 Å². The zero-order valence-corrected chi connectivity index (χ0v) is 14.4. The van der Waals surface area contributed by atoms with Gasteiger partial charge >= 0.3 is 0 Å². The number of rotatable bonds is 6. The molecule has 2 heterocycles. The lowest BCUT2D eigenvalue weighted by molar-refractivity contribution is 0.294. The van der Waals surface area contributed by atoms with E-state index in [0.29, 0.717) is 23.9 Å². The normalized spacial score (nSPS) is 14.2. The van der Waals surface area contributed by atoms with Gasteiger partial charge in [0.1, 0.15) is 6.10 Å². The van der Waals surface area contributed by atoms with Gasteiger partial charge in [-0.15, -0.1) is 0 Å². The Kier molecular flexibility index (Phi) is 4.01. The fraction of sp³-hybridized carbons (Fsp3) is 0.389. The second kappa shape index (κ2) is 6.33. The summed E-state index contributed by atoms with van der Waals surface area (Å²) in [5.41, 5.74) is 9.15. The average molecular weight is 338 g/mol. The Morgan fingerprint density at radius 3 is 2.88 bits per heavy atom. The summed E-state index contributed by atoms with van der Waals surface area (Å²) in [7, 11) is 0. The molecule has 0 unspecified atom stereocenters. The summed E-state index contributed by atoms with van der Waals surface area (Å²) in [6.45, 7) is 4.69. The van der Waals surface area contributed by atoms with Gasteiger partial charge in [0, 0.05) is 18.3 Å². The Morgan fingerprint density at radius 2 is 2.16 bits per heavy atom. The molecule has 7 nitrogen and oxygen atoms in total. The lowest BCUT2D eigenvalue weighted by Gasteiger charge is -2.11. The maximum Gasteiger partial charge on any atom is 0.247 e. The first kappa shape index (κ1) is 15.8. The van der Waals surface area contributed by atoms with E-state index >= 15 is 0 Å². The number of fused-ring (bicyclic) bond motifs is 1. The number of anilines is 2. The number of benzene rings is 1. The summed E-state index contributed by atoms with van der Waals surface area (Å²) in [6, 6.07) is 8.16. The van der Waals surface area contributed by atoms with Crippen LogP contribution in [0.2, 0.25) is 0 Å². The highest BCUT2D eigenvalue weighted by Gasteiger charge is 2.26. The third-order valence-corrected chi connectivity index (χ3v) is 4.17. The van der Waals surface area contributed by atoms with Crippen molar-refractivity contribution in [1.82, 2.24) is 19.5 Å². The van der Waals surface area contributed by atoms with Crippen LogP contribution in [0.4, 0.5) is 11.6 Å². The molecule has 3 aromatic rings. The van der Waals surface area contributed by atoms with Gasteiger partial charge in [-0.3, -0.25) is 0 Å². The molecular formula is C18H22N6O. The highest BCUT2D eigenvalue weighted by atomic mass is 16.5. The summed E-state index contributed by atoms with van der Waals surface area (Å²) in [6.07, 6.45) is 4.17. The number of nitrogens with two attached hydrogens (primary N) is 1. The summed E-state index contributed by atoms with van der Waals surface area (Å²) in [4.78, 5) is 13.7. The van der Waals surface area contributed by atoms with Crippen molar-refractivity contribution in [2.45, 2.75) is 45.4 Å². The molecule has 1 aliphatic carbocycles. The molecule has 0 saturated heterocycles. The van der Waals surface area contributed by atoms with Crippen LogP contribution in [0.3, 0.4) is 0 Å². The third-order valence-electron chi connectivity index (χ3n) is 4.17. The molecule has 1 saturated carbocycles. The minimum atomic E-state index is 0.246. The van der Waals surface area contributed by atoms with Crippen LogP contribution >= 0.6 is 0 Å². The van der Waals surface area contributed by atoms with Crippen molar-refractivity contribution in [3.63, 3.8) is 0 Å². The minimum Gasteiger partial charge on any atom is -0.473 e. The molecule has 0 amide bonds. The second-order valence-corrected chi connectivity index (χ2v) is 6.62. The first-order chi connectivity index (χ1) is 12.1. The monoisotopic (exact) mass is 338 g/mol. The molecule has 0 bridgehead atoms. The van der Waals surface area contributed by atoms with Crippen LogP contribution in [-0.4, -0.2) is 25.6 Å². The van der Waals surface area contributed by atoms with E-state index in [2.05, 4.69) is 34.1 Å². The van der Waals surface area contributed by atoms with Gasteiger partial charge in [-0.25, -0.2) is 4.98 Å². The van der Waals surface area contributed by atoms with Crippen LogP contribution in [0.1, 0.15) is 38.3 Å². The maximum atomic E-state index is 5.97. The van der Waals surface area contributed by atoms with E-state index in [1.807, 2.05) is 28.8 Å². The summed E-state index contributed by atoms with van der Waals surface area (Å²) in [5, 5.41) is 3.26. The van der Waals surface area contributed by atoms with Crippen molar-refractivity contribution in [3.05, 3.63) is 36.2 Å². The Hall–Kier alpha value is -2.67. The van der Waals surface area contributed by atoms with E-state index in [4.69, 9.17) is 10.5 Å². The Morgan fingerprint density at radius 1 is 1.32 bits per heavy atom. The number of imidazole rings is 1. The molecular weight excluding hydrogens is 316 g/mol.